The first-order valence-electron chi connectivity index (χ1n) is 13.3. The van der Waals surface area contributed by atoms with Gasteiger partial charge >= 0.3 is 0 Å². The van der Waals surface area contributed by atoms with Gasteiger partial charge in [-0.15, -0.1) is 24.0 Å². The molecule has 3 aliphatic heterocycles. The Morgan fingerprint density at radius 3 is 1.67 bits per heavy atom. The molecule has 1 unspecified atom stereocenters. The Bertz CT molecular complexity index is 1480. The summed E-state index contributed by atoms with van der Waals surface area (Å²) in [5.74, 6) is 0. The molecule has 39 heavy (non-hydrogen) atoms. The van der Waals surface area contributed by atoms with Crippen LogP contribution in [0.4, 0.5) is 11.4 Å². The summed E-state index contributed by atoms with van der Waals surface area (Å²) in [6, 6.07) is 37.0. The van der Waals surface area contributed by atoms with Gasteiger partial charge in [0.2, 0.25) is 0 Å². The van der Waals surface area contributed by atoms with E-state index in [9.17, 15) is 0 Å². The first kappa shape index (κ1) is 26.9. The first-order valence-corrected chi connectivity index (χ1v) is 13.3. The van der Waals surface area contributed by atoms with Crippen LogP contribution in [0.15, 0.2) is 122 Å². The van der Waals surface area contributed by atoms with Gasteiger partial charge in [-0.2, -0.15) is 48.3 Å². The molecule has 7 rings (SSSR count). The number of hydrogen-bond acceptors (Lipinski definition) is 0. The van der Waals surface area contributed by atoms with Crippen molar-refractivity contribution in [3.63, 3.8) is 0 Å². The van der Waals surface area contributed by atoms with Crippen molar-refractivity contribution in [2.45, 2.75) is 25.3 Å². The Hall–Kier alpha value is -3.69. The van der Waals surface area contributed by atoms with Crippen molar-refractivity contribution >= 4 is 22.5 Å². The van der Waals surface area contributed by atoms with Gasteiger partial charge in [-0.25, -0.2) is 0 Å². The molecule has 3 nitrogen and oxygen atoms in total. The van der Waals surface area contributed by atoms with Crippen molar-refractivity contribution in [1.82, 2.24) is 0 Å². The summed E-state index contributed by atoms with van der Waals surface area (Å²) in [7, 11) is 0. The van der Waals surface area contributed by atoms with Gasteiger partial charge in [0, 0.05) is 20.1 Å². The number of fused-ring (bicyclic) bond motifs is 3. The molecule has 1 atom stereocenters. The fourth-order valence-corrected chi connectivity index (χ4v) is 5.22. The molecule has 0 saturated carbocycles. The van der Waals surface area contributed by atoms with Crippen LogP contribution in [0.5, 0.6) is 0 Å². The molecule has 0 spiro atoms. The maximum atomic E-state index is 4.67. The number of piperidine rings is 1. The van der Waals surface area contributed by atoms with Gasteiger partial charge in [-0.1, -0.05) is 104 Å². The largest absolute Gasteiger partial charge is 0.665 e. The van der Waals surface area contributed by atoms with E-state index in [1.54, 1.807) is 0 Å². The van der Waals surface area contributed by atoms with Crippen LogP contribution >= 0.6 is 0 Å². The number of allylic oxidation sites excluding steroid dienone is 2. The average Bonchev–Trinajstić information content (AvgIpc) is 3.02. The summed E-state index contributed by atoms with van der Waals surface area (Å²) in [5.41, 5.74) is 7.91. The maximum absolute atomic E-state index is 4.67. The summed E-state index contributed by atoms with van der Waals surface area (Å²) in [6.07, 6.45) is 11.7. The molecule has 4 aromatic rings. The minimum absolute atomic E-state index is 0. The van der Waals surface area contributed by atoms with Gasteiger partial charge in [0.15, 0.2) is 0 Å². The van der Waals surface area contributed by atoms with Gasteiger partial charge in [0.1, 0.15) is 0 Å². The van der Waals surface area contributed by atoms with E-state index in [-0.39, 0.29) is 20.1 Å². The topological polar surface area (TPSA) is 42.3 Å². The smallest absolute Gasteiger partial charge is 0 e. The van der Waals surface area contributed by atoms with Crippen molar-refractivity contribution in [3.8, 4) is 0 Å². The number of benzene rings is 4. The van der Waals surface area contributed by atoms with Crippen molar-refractivity contribution in [1.29, 1.82) is 0 Å². The van der Waals surface area contributed by atoms with Crippen molar-refractivity contribution < 1.29 is 20.1 Å². The van der Waals surface area contributed by atoms with Crippen LogP contribution in [0.2, 0.25) is 0 Å². The normalized spacial score (nSPS) is 16.9. The van der Waals surface area contributed by atoms with Crippen LogP contribution in [-0.4, -0.2) is 6.54 Å². The quantitative estimate of drug-likeness (QED) is 0.195. The van der Waals surface area contributed by atoms with E-state index in [4.69, 9.17) is 0 Å². The Morgan fingerprint density at radius 1 is 0.615 bits per heavy atom. The van der Waals surface area contributed by atoms with E-state index in [0.29, 0.717) is 6.04 Å². The molecule has 1 fully saturated rings. The molecular formula is C35H29IrN3-4. The van der Waals surface area contributed by atoms with Gasteiger partial charge < -0.3 is 16.0 Å². The van der Waals surface area contributed by atoms with Crippen LogP contribution in [0, 0.1) is 6.07 Å². The average molecular weight is 684 g/mol. The summed E-state index contributed by atoms with van der Waals surface area (Å²) in [5, 5.41) is 16.2. The third-order valence-electron chi connectivity index (χ3n) is 7.12. The Labute approximate surface area is 244 Å². The zero-order chi connectivity index (χ0) is 25.6. The van der Waals surface area contributed by atoms with Crippen molar-refractivity contribution in [3.05, 3.63) is 171 Å². The minimum Gasteiger partial charge on any atom is -0.665 e. The second-order valence-electron chi connectivity index (χ2n) is 9.54. The number of hydrogen-bond donors (Lipinski definition) is 0. The van der Waals surface area contributed by atoms with Crippen molar-refractivity contribution in [2.75, 3.05) is 6.54 Å². The van der Waals surface area contributed by atoms with Gasteiger partial charge in [-0.05, 0) is 32.7 Å². The zero-order valence-corrected chi connectivity index (χ0v) is 24.0. The third kappa shape index (κ3) is 5.99. The summed E-state index contributed by atoms with van der Waals surface area (Å²) in [4.78, 5) is 0. The van der Waals surface area contributed by atoms with Crippen LogP contribution in [0.3, 0.4) is 0 Å². The van der Waals surface area contributed by atoms with E-state index in [0.717, 1.165) is 28.4 Å². The summed E-state index contributed by atoms with van der Waals surface area (Å²) >= 11 is 0. The second-order valence-corrected chi connectivity index (χ2v) is 9.54. The zero-order valence-electron chi connectivity index (χ0n) is 21.6. The fourth-order valence-electron chi connectivity index (χ4n) is 5.22. The van der Waals surface area contributed by atoms with E-state index in [1.807, 2.05) is 36.7 Å². The van der Waals surface area contributed by atoms with Crippen LogP contribution in [-0.2, 0) is 20.1 Å². The van der Waals surface area contributed by atoms with E-state index < -0.39 is 0 Å². The molecule has 4 aromatic carbocycles. The van der Waals surface area contributed by atoms with Gasteiger partial charge in [0.05, 0.1) is 0 Å². The third-order valence-corrected chi connectivity index (χ3v) is 7.12. The molecular weight excluding hydrogens is 655 g/mol. The Kier molecular flexibility index (Phi) is 8.90. The molecule has 1 radical (unpaired) electrons. The number of nitrogens with zero attached hydrogens (tertiary/aromatic N) is 3. The minimum atomic E-state index is 0. The monoisotopic (exact) mass is 684 g/mol. The van der Waals surface area contributed by atoms with Gasteiger partial charge in [-0.3, -0.25) is 0 Å². The van der Waals surface area contributed by atoms with Crippen molar-refractivity contribution in [2.24, 2.45) is 0 Å². The fraction of sp³-hybridized carbons (Fsp3) is 0.143. The molecule has 0 aromatic heterocycles. The molecule has 3 heterocycles. The maximum Gasteiger partial charge on any atom is 0 e. The standard InChI is InChI=1S/C24H16N2.C11H13N.Ir/c1-3-7-17(8-4-1)19-13-15-25-23-21(19)11-12-22-20(14-16-26-24(22)23)18-9-5-2-6-10-18;1-2-6-10(7-3-1)11-8-4-5-9-12-11;/h1-16H;1-3,6,11H,4-5,8-9H2;/q2*-2;. The Morgan fingerprint density at radius 2 is 1.18 bits per heavy atom. The predicted octanol–water partition coefficient (Wildman–Crippen LogP) is 8.23. The predicted molar refractivity (Wildman–Crippen MR) is 158 cm³/mol. The van der Waals surface area contributed by atoms with E-state index in [2.05, 4.69) is 107 Å². The SMILES string of the molecule is C1=CC(c2ccccc2)=c2ccc3c(c2[N-]1)[N-]C=CC=3c1ccccc1.[Ir].[c-]1ccccc1C1CCCC[N-]1. The molecule has 0 N–H and O–H groups in total. The summed E-state index contributed by atoms with van der Waals surface area (Å²) < 4.78 is 0. The number of rotatable bonds is 3. The first-order chi connectivity index (χ1) is 18.9. The molecule has 0 amide bonds. The molecule has 1 saturated heterocycles. The molecule has 4 heteroatoms. The summed E-state index contributed by atoms with van der Waals surface area (Å²) in [6.45, 7) is 1.04. The molecule has 0 aliphatic carbocycles. The molecule has 197 valence electrons. The Balaban J connectivity index is 0.000000200. The van der Waals surface area contributed by atoms with E-state index >= 15 is 0 Å². The van der Waals surface area contributed by atoms with E-state index in [1.165, 1.54) is 47.1 Å². The van der Waals surface area contributed by atoms with Crippen LogP contribution in [0.25, 0.3) is 27.1 Å². The molecule has 3 aliphatic rings. The van der Waals surface area contributed by atoms with Gasteiger partial charge in [0.25, 0.3) is 0 Å². The van der Waals surface area contributed by atoms with Crippen LogP contribution < -0.4 is 10.4 Å². The second kappa shape index (κ2) is 12.9. The van der Waals surface area contributed by atoms with Crippen LogP contribution in [0.1, 0.15) is 42.0 Å². The molecule has 0 bridgehead atoms.